The molecule has 0 aliphatic carbocycles. The van der Waals surface area contributed by atoms with E-state index in [0.717, 1.165) is 12.8 Å². The van der Waals surface area contributed by atoms with Crippen molar-refractivity contribution in [2.24, 2.45) is 0 Å². The first-order chi connectivity index (χ1) is 9.68. The molecule has 1 N–H and O–H groups in total. The van der Waals surface area contributed by atoms with Crippen molar-refractivity contribution >= 4 is 21.4 Å². The zero-order valence-electron chi connectivity index (χ0n) is 11.4. The minimum atomic E-state index is -4.42. The molecule has 1 aromatic heterocycles. The number of rotatable bonds is 5. The normalized spacial score (nSPS) is 21.0. The number of hydrogen-bond acceptors (Lipinski definition) is 5. The summed E-state index contributed by atoms with van der Waals surface area (Å²) in [5.41, 5.74) is 0.316. The molecular formula is C11H16F3N3O2S2. The third kappa shape index (κ3) is 4.38. The fraction of sp³-hybridized carbons (Fsp3) is 0.727. The summed E-state index contributed by atoms with van der Waals surface area (Å²) >= 11 is 0.562. The number of thiazole rings is 1. The highest BCUT2D eigenvalue weighted by atomic mass is 32.2. The first-order valence-electron chi connectivity index (χ1n) is 6.37. The van der Waals surface area contributed by atoms with Crippen LogP contribution in [0.4, 0.5) is 13.2 Å². The second-order valence-corrected chi connectivity index (χ2v) is 7.74. The van der Waals surface area contributed by atoms with Gasteiger partial charge in [0.15, 0.2) is 5.01 Å². The van der Waals surface area contributed by atoms with Gasteiger partial charge >= 0.3 is 6.18 Å². The first-order valence-corrected chi connectivity index (χ1v) is 9.10. The van der Waals surface area contributed by atoms with E-state index in [1.807, 2.05) is 0 Å². The molecule has 5 nitrogen and oxygen atoms in total. The second-order valence-electron chi connectivity index (χ2n) is 4.94. The minimum Gasteiger partial charge on any atom is -0.310 e. The first kappa shape index (κ1) is 16.7. The molecule has 1 aromatic rings. The van der Waals surface area contributed by atoms with Crippen molar-refractivity contribution in [3.63, 3.8) is 0 Å². The summed E-state index contributed by atoms with van der Waals surface area (Å²) in [6.45, 7) is 1.10. The highest BCUT2D eigenvalue weighted by molar-refractivity contribution is 7.88. The fourth-order valence-corrected chi connectivity index (χ4v) is 4.20. The van der Waals surface area contributed by atoms with Gasteiger partial charge in [-0.2, -0.15) is 17.5 Å². The predicted molar refractivity (Wildman–Crippen MR) is 73.4 cm³/mol. The lowest BCUT2D eigenvalue weighted by atomic mass is 10.2. The van der Waals surface area contributed by atoms with Gasteiger partial charge in [0.05, 0.1) is 11.9 Å². The third-order valence-corrected chi connectivity index (χ3v) is 5.50. The molecule has 0 spiro atoms. The van der Waals surface area contributed by atoms with E-state index in [1.165, 1.54) is 15.9 Å². The molecule has 2 heterocycles. The Morgan fingerprint density at radius 2 is 2.24 bits per heavy atom. The number of nitrogens with one attached hydrogen (secondary N) is 1. The van der Waals surface area contributed by atoms with Crippen LogP contribution in [0.1, 0.15) is 23.5 Å². The monoisotopic (exact) mass is 343 g/mol. The minimum absolute atomic E-state index is 0.138. The Hall–Kier alpha value is -0.710. The molecule has 21 heavy (non-hydrogen) atoms. The number of nitrogens with zero attached hydrogens (tertiary/aromatic N) is 2. The highest BCUT2D eigenvalue weighted by Crippen LogP contribution is 2.31. The smallest absolute Gasteiger partial charge is 0.310 e. The molecule has 0 amide bonds. The average Bonchev–Trinajstić information content (AvgIpc) is 2.95. The Morgan fingerprint density at radius 3 is 2.81 bits per heavy atom. The summed E-state index contributed by atoms with van der Waals surface area (Å²) in [4.78, 5) is 3.51. The number of sulfonamides is 1. The van der Waals surface area contributed by atoms with Crippen molar-refractivity contribution < 1.29 is 21.6 Å². The molecular weight excluding hydrogens is 327 g/mol. The standard InChI is InChI=1S/C11H16F3N3O2S2/c1-21(18,19)17-4-2-3-9(17)6-15-5-8-7-20-10(16-8)11(12,13)14/h7,9,15H,2-6H2,1H3/t9-/m1/s1. The molecule has 1 aliphatic rings. The van der Waals surface area contributed by atoms with Crippen LogP contribution in [-0.2, 0) is 22.7 Å². The zero-order chi connectivity index (χ0) is 15.7. The van der Waals surface area contributed by atoms with Gasteiger partial charge in [-0.3, -0.25) is 0 Å². The van der Waals surface area contributed by atoms with E-state index >= 15 is 0 Å². The topological polar surface area (TPSA) is 62.3 Å². The molecule has 1 atom stereocenters. The number of aromatic nitrogens is 1. The molecule has 0 aromatic carbocycles. The van der Waals surface area contributed by atoms with E-state index in [9.17, 15) is 21.6 Å². The van der Waals surface area contributed by atoms with Crippen molar-refractivity contribution in [3.05, 3.63) is 16.1 Å². The number of halogens is 3. The van der Waals surface area contributed by atoms with Crippen LogP contribution in [0, 0.1) is 0 Å². The lowest BCUT2D eigenvalue weighted by Crippen LogP contribution is -2.40. The van der Waals surface area contributed by atoms with E-state index in [-0.39, 0.29) is 12.6 Å². The Morgan fingerprint density at radius 1 is 1.52 bits per heavy atom. The molecule has 0 saturated carbocycles. The molecule has 0 bridgehead atoms. The lowest BCUT2D eigenvalue weighted by Gasteiger charge is -2.22. The average molecular weight is 343 g/mol. The van der Waals surface area contributed by atoms with E-state index in [1.54, 1.807) is 0 Å². The summed E-state index contributed by atoms with van der Waals surface area (Å²) in [6.07, 6.45) is -1.69. The Bertz CT molecular complexity index is 586. The molecule has 0 unspecified atom stereocenters. The Balaban J connectivity index is 1.86. The van der Waals surface area contributed by atoms with Crippen LogP contribution < -0.4 is 5.32 Å². The largest absolute Gasteiger partial charge is 0.443 e. The van der Waals surface area contributed by atoms with Crippen LogP contribution in [0.25, 0.3) is 0 Å². The Labute approximate surface area is 125 Å². The van der Waals surface area contributed by atoms with Gasteiger partial charge in [0.2, 0.25) is 10.0 Å². The highest BCUT2D eigenvalue weighted by Gasteiger charge is 2.34. The van der Waals surface area contributed by atoms with Gasteiger partial charge in [-0.15, -0.1) is 11.3 Å². The van der Waals surface area contributed by atoms with Crippen LogP contribution in [0.2, 0.25) is 0 Å². The predicted octanol–water partition coefficient (Wildman–Crippen LogP) is 1.68. The van der Waals surface area contributed by atoms with Crippen molar-refractivity contribution in [2.75, 3.05) is 19.3 Å². The van der Waals surface area contributed by atoms with Crippen LogP contribution in [0.15, 0.2) is 5.38 Å². The summed E-state index contributed by atoms with van der Waals surface area (Å²) in [6, 6.07) is -0.138. The van der Waals surface area contributed by atoms with Crippen molar-refractivity contribution in [1.29, 1.82) is 0 Å². The van der Waals surface area contributed by atoms with E-state index in [2.05, 4.69) is 10.3 Å². The SMILES string of the molecule is CS(=O)(=O)N1CCC[C@@H]1CNCc1csc(C(F)(F)F)n1. The van der Waals surface area contributed by atoms with Gasteiger partial charge in [-0.1, -0.05) is 0 Å². The van der Waals surface area contributed by atoms with Gasteiger partial charge in [-0.05, 0) is 12.8 Å². The van der Waals surface area contributed by atoms with Gasteiger partial charge < -0.3 is 5.32 Å². The maximum atomic E-state index is 12.4. The van der Waals surface area contributed by atoms with Crippen LogP contribution >= 0.6 is 11.3 Å². The zero-order valence-corrected chi connectivity index (χ0v) is 13.0. The lowest BCUT2D eigenvalue weighted by molar-refractivity contribution is -0.137. The van der Waals surface area contributed by atoms with Gasteiger partial charge in [0.1, 0.15) is 0 Å². The quantitative estimate of drug-likeness (QED) is 0.884. The van der Waals surface area contributed by atoms with E-state index in [4.69, 9.17) is 0 Å². The van der Waals surface area contributed by atoms with Gasteiger partial charge in [-0.25, -0.2) is 13.4 Å². The molecule has 1 saturated heterocycles. The van der Waals surface area contributed by atoms with E-state index < -0.39 is 21.2 Å². The fourth-order valence-electron chi connectivity index (χ4n) is 2.34. The van der Waals surface area contributed by atoms with Crippen molar-refractivity contribution in [1.82, 2.24) is 14.6 Å². The van der Waals surface area contributed by atoms with Gasteiger partial charge in [0.25, 0.3) is 0 Å². The van der Waals surface area contributed by atoms with Crippen molar-refractivity contribution in [2.45, 2.75) is 31.6 Å². The summed E-state index contributed by atoms with van der Waals surface area (Å²) in [7, 11) is -3.23. The molecule has 0 radical (unpaired) electrons. The van der Waals surface area contributed by atoms with Crippen LogP contribution in [0.5, 0.6) is 0 Å². The molecule has 2 rings (SSSR count). The third-order valence-electron chi connectivity index (χ3n) is 3.23. The maximum absolute atomic E-state index is 12.4. The maximum Gasteiger partial charge on any atom is 0.443 e. The second kappa shape index (κ2) is 6.19. The number of hydrogen-bond donors (Lipinski definition) is 1. The van der Waals surface area contributed by atoms with Crippen LogP contribution in [0.3, 0.4) is 0 Å². The molecule has 1 aliphatic heterocycles. The molecule has 10 heteroatoms. The summed E-state index contributed by atoms with van der Waals surface area (Å²) in [5.74, 6) is 0. The van der Waals surface area contributed by atoms with Crippen molar-refractivity contribution in [3.8, 4) is 0 Å². The van der Waals surface area contributed by atoms with Gasteiger partial charge in [0, 0.05) is 31.1 Å². The molecule has 1 fully saturated rings. The van der Waals surface area contributed by atoms with E-state index in [0.29, 0.717) is 30.1 Å². The molecule has 120 valence electrons. The van der Waals surface area contributed by atoms with Crippen LogP contribution in [-0.4, -0.2) is 43.1 Å². The summed E-state index contributed by atoms with van der Waals surface area (Å²) < 4.78 is 61.8. The number of alkyl halides is 3. The Kier molecular flexibility index (Phi) is 4.91. The summed E-state index contributed by atoms with van der Waals surface area (Å²) in [5, 5.41) is 3.48.